The molecule has 1 aromatic carbocycles. The number of nitro benzene ring substituents is 1. The molecule has 2 rings (SSSR count). The lowest BCUT2D eigenvalue weighted by Crippen LogP contribution is -2.30. The van der Waals surface area contributed by atoms with E-state index in [1.807, 2.05) is 0 Å². The van der Waals surface area contributed by atoms with E-state index in [9.17, 15) is 10.1 Å². The lowest BCUT2D eigenvalue weighted by molar-refractivity contribution is -0.384. The summed E-state index contributed by atoms with van der Waals surface area (Å²) in [7, 11) is 0. The summed E-state index contributed by atoms with van der Waals surface area (Å²) in [6.07, 6.45) is 1.08. The number of rotatable bonds is 4. The molecular formula is C11H14ClN3O2. The molecule has 0 spiro atoms. The Kier molecular flexibility index (Phi) is 3.93. The predicted octanol–water partition coefficient (Wildman–Crippen LogP) is 1.70. The summed E-state index contributed by atoms with van der Waals surface area (Å²) in [5, 5.41) is 17.8. The Hall–Kier alpha value is -1.17. The van der Waals surface area contributed by atoms with Gasteiger partial charge in [-0.15, -0.1) is 0 Å². The van der Waals surface area contributed by atoms with Gasteiger partial charge in [0, 0.05) is 36.3 Å². The molecule has 1 aliphatic heterocycles. The third-order valence-electron chi connectivity index (χ3n) is 2.88. The lowest BCUT2D eigenvalue weighted by Gasteiger charge is -2.11. The second-order valence-electron chi connectivity index (χ2n) is 4.10. The molecule has 1 aliphatic rings. The van der Waals surface area contributed by atoms with Crippen LogP contribution < -0.4 is 10.6 Å². The maximum absolute atomic E-state index is 10.7. The third-order valence-corrected chi connectivity index (χ3v) is 3.25. The third kappa shape index (κ3) is 3.15. The Morgan fingerprint density at radius 3 is 3.06 bits per heavy atom. The maximum Gasteiger partial charge on any atom is 0.269 e. The van der Waals surface area contributed by atoms with Crippen molar-refractivity contribution in [3.05, 3.63) is 38.9 Å². The number of nitrogens with zero attached hydrogens (tertiary/aromatic N) is 1. The molecule has 0 saturated carbocycles. The summed E-state index contributed by atoms with van der Waals surface area (Å²) >= 11 is 6.01. The first-order chi connectivity index (χ1) is 8.16. The average Bonchev–Trinajstić information content (AvgIpc) is 2.80. The monoisotopic (exact) mass is 255 g/mol. The Morgan fingerprint density at radius 1 is 1.59 bits per heavy atom. The van der Waals surface area contributed by atoms with Gasteiger partial charge in [0.25, 0.3) is 5.69 Å². The van der Waals surface area contributed by atoms with E-state index in [0.717, 1.165) is 25.1 Å². The van der Waals surface area contributed by atoms with Crippen LogP contribution in [0.5, 0.6) is 0 Å². The molecule has 0 bridgehead atoms. The fraction of sp³-hybridized carbons (Fsp3) is 0.455. The lowest BCUT2D eigenvalue weighted by atomic mass is 10.2. The van der Waals surface area contributed by atoms with Crippen LogP contribution in [0, 0.1) is 10.1 Å². The largest absolute Gasteiger partial charge is 0.315 e. The smallest absolute Gasteiger partial charge is 0.269 e. The maximum atomic E-state index is 10.7. The summed E-state index contributed by atoms with van der Waals surface area (Å²) < 4.78 is 0. The molecule has 6 heteroatoms. The van der Waals surface area contributed by atoms with Crippen molar-refractivity contribution in [3.8, 4) is 0 Å². The van der Waals surface area contributed by atoms with Crippen LogP contribution in [0.15, 0.2) is 18.2 Å². The van der Waals surface area contributed by atoms with Crippen LogP contribution in [0.2, 0.25) is 5.02 Å². The van der Waals surface area contributed by atoms with Gasteiger partial charge in [0.05, 0.1) is 4.92 Å². The number of hydrogen-bond donors (Lipinski definition) is 2. The fourth-order valence-electron chi connectivity index (χ4n) is 1.89. The van der Waals surface area contributed by atoms with E-state index in [0.29, 0.717) is 17.6 Å². The molecule has 0 amide bonds. The zero-order chi connectivity index (χ0) is 12.3. The van der Waals surface area contributed by atoms with E-state index in [-0.39, 0.29) is 5.69 Å². The van der Waals surface area contributed by atoms with Crippen LogP contribution in [0.25, 0.3) is 0 Å². The second kappa shape index (κ2) is 5.44. The number of nitrogens with one attached hydrogen (secondary N) is 2. The SMILES string of the molecule is O=[N+]([O-])c1ccc(Cl)c(CNC2CCNC2)c1. The van der Waals surface area contributed by atoms with Gasteiger partial charge in [-0.2, -0.15) is 0 Å². The van der Waals surface area contributed by atoms with Gasteiger partial charge in [0.1, 0.15) is 0 Å². The highest BCUT2D eigenvalue weighted by Crippen LogP contribution is 2.22. The molecule has 5 nitrogen and oxygen atoms in total. The molecule has 0 aromatic heterocycles. The van der Waals surface area contributed by atoms with Gasteiger partial charge in [-0.3, -0.25) is 10.1 Å². The summed E-state index contributed by atoms with van der Waals surface area (Å²) in [5.74, 6) is 0. The van der Waals surface area contributed by atoms with Gasteiger partial charge in [0.2, 0.25) is 0 Å². The Bertz CT molecular complexity index is 419. The minimum atomic E-state index is -0.406. The van der Waals surface area contributed by atoms with Crippen molar-refractivity contribution in [2.24, 2.45) is 0 Å². The first-order valence-corrected chi connectivity index (χ1v) is 5.91. The van der Waals surface area contributed by atoms with Crippen molar-refractivity contribution in [2.75, 3.05) is 13.1 Å². The van der Waals surface area contributed by atoms with E-state index < -0.39 is 4.92 Å². The zero-order valence-corrected chi connectivity index (χ0v) is 10.0. The summed E-state index contributed by atoms with van der Waals surface area (Å²) in [6, 6.07) is 4.94. The van der Waals surface area contributed by atoms with Gasteiger partial charge < -0.3 is 10.6 Å². The fourth-order valence-corrected chi connectivity index (χ4v) is 2.08. The van der Waals surface area contributed by atoms with Gasteiger partial charge in [-0.05, 0) is 24.6 Å². The Balaban J connectivity index is 2.03. The molecule has 2 N–H and O–H groups in total. The van der Waals surface area contributed by atoms with Crippen molar-refractivity contribution in [1.29, 1.82) is 0 Å². The van der Waals surface area contributed by atoms with Gasteiger partial charge in [0.15, 0.2) is 0 Å². The zero-order valence-electron chi connectivity index (χ0n) is 9.28. The molecule has 0 radical (unpaired) electrons. The number of hydrogen-bond acceptors (Lipinski definition) is 4. The first-order valence-electron chi connectivity index (χ1n) is 5.54. The minimum Gasteiger partial charge on any atom is -0.315 e. The molecule has 0 aliphatic carbocycles. The molecule has 1 saturated heterocycles. The molecule has 1 aromatic rings. The second-order valence-corrected chi connectivity index (χ2v) is 4.51. The van der Waals surface area contributed by atoms with Crippen molar-refractivity contribution in [3.63, 3.8) is 0 Å². The van der Waals surface area contributed by atoms with Crippen molar-refractivity contribution >= 4 is 17.3 Å². The summed E-state index contributed by atoms with van der Waals surface area (Å²) in [4.78, 5) is 10.3. The Labute approximate surface area is 104 Å². The van der Waals surface area contributed by atoms with Crippen LogP contribution in [-0.2, 0) is 6.54 Å². The minimum absolute atomic E-state index is 0.0794. The summed E-state index contributed by atoms with van der Waals surface area (Å²) in [6.45, 7) is 2.51. The molecular weight excluding hydrogens is 242 g/mol. The highest BCUT2D eigenvalue weighted by atomic mass is 35.5. The van der Waals surface area contributed by atoms with E-state index in [4.69, 9.17) is 11.6 Å². The molecule has 92 valence electrons. The number of halogens is 1. The van der Waals surface area contributed by atoms with Crippen LogP contribution in [0.1, 0.15) is 12.0 Å². The topological polar surface area (TPSA) is 67.2 Å². The van der Waals surface area contributed by atoms with E-state index in [1.54, 1.807) is 6.07 Å². The quantitative estimate of drug-likeness (QED) is 0.635. The highest BCUT2D eigenvalue weighted by molar-refractivity contribution is 6.31. The van der Waals surface area contributed by atoms with Crippen LogP contribution in [0.4, 0.5) is 5.69 Å². The first kappa shape index (κ1) is 12.3. The summed E-state index contributed by atoms with van der Waals surface area (Å²) in [5.41, 5.74) is 0.850. The standard InChI is InChI=1S/C11H14ClN3O2/c12-11-2-1-10(15(16)17)5-8(11)6-14-9-3-4-13-7-9/h1-2,5,9,13-14H,3-4,6-7H2. The molecule has 1 fully saturated rings. The molecule has 1 atom stereocenters. The van der Waals surface area contributed by atoms with Gasteiger partial charge in [-0.1, -0.05) is 11.6 Å². The van der Waals surface area contributed by atoms with E-state index in [1.165, 1.54) is 12.1 Å². The van der Waals surface area contributed by atoms with Crippen LogP contribution in [-0.4, -0.2) is 24.1 Å². The molecule has 1 unspecified atom stereocenters. The van der Waals surface area contributed by atoms with Crippen molar-refractivity contribution < 1.29 is 4.92 Å². The normalized spacial score (nSPS) is 19.5. The number of benzene rings is 1. The molecule has 17 heavy (non-hydrogen) atoms. The van der Waals surface area contributed by atoms with Gasteiger partial charge >= 0.3 is 0 Å². The van der Waals surface area contributed by atoms with E-state index >= 15 is 0 Å². The van der Waals surface area contributed by atoms with Crippen LogP contribution >= 0.6 is 11.6 Å². The van der Waals surface area contributed by atoms with Crippen molar-refractivity contribution in [2.45, 2.75) is 19.0 Å². The number of nitro groups is 1. The van der Waals surface area contributed by atoms with E-state index in [2.05, 4.69) is 10.6 Å². The van der Waals surface area contributed by atoms with Gasteiger partial charge in [-0.25, -0.2) is 0 Å². The predicted molar refractivity (Wildman–Crippen MR) is 66.2 cm³/mol. The molecule has 1 heterocycles. The van der Waals surface area contributed by atoms with Crippen molar-refractivity contribution in [1.82, 2.24) is 10.6 Å². The van der Waals surface area contributed by atoms with Crippen LogP contribution in [0.3, 0.4) is 0 Å². The number of non-ortho nitro benzene ring substituents is 1. The average molecular weight is 256 g/mol. The Morgan fingerprint density at radius 2 is 2.41 bits per heavy atom. The highest BCUT2D eigenvalue weighted by Gasteiger charge is 2.15.